The van der Waals surface area contributed by atoms with E-state index in [2.05, 4.69) is 38.0 Å². The Morgan fingerprint density at radius 2 is 1.45 bits per heavy atom. The Balaban J connectivity index is 1.87. The summed E-state index contributed by atoms with van der Waals surface area (Å²) in [6.45, 7) is 7.32. The molecule has 3 rings (SSSR count). The third-order valence-corrected chi connectivity index (χ3v) is 6.18. The van der Waals surface area contributed by atoms with Crippen molar-refractivity contribution in [2.24, 2.45) is 0 Å². The van der Waals surface area contributed by atoms with Crippen molar-refractivity contribution in [3.63, 3.8) is 0 Å². The van der Waals surface area contributed by atoms with E-state index in [-0.39, 0.29) is 0 Å². The quantitative estimate of drug-likeness (QED) is 0.242. The third kappa shape index (κ3) is 7.21. The minimum absolute atomic E-state index is 0.309. The van der Waals surface area contributed by atoms with Crippen molar-refractivity contribution in [1.29, 1.82) is 0 Å². The first-order valence-electron chi connectivity index (χ1n) is 13.0. The van der Waals surface area contributed by atoms with E-state index in [0.717, 1.165) is 54.5 Å². The van der Waals surface area contributed by atoms with Crippen molar-refractivity contribution in [3.05, 3.63) is 41.5 Å². The number of hydrogen-bond donors (Lipinski definition) is 1. The Hall–Kier alpha value is -2.56. The summed E-state index contributed by atoms with van der Waals surface area (Å²) >= 11 is 0. The third-order valence-electron chi connectivity index (χ3n) is 6.18. The molecule has 1 N–H and O–H groups in total. The predicted octanol–water partition coefficient (Wildman–Crippen LogP) is 7.55. The van der Waals surface area contributed by atoms with Crippen LogP contribution in [0.4, 0.5) is 0 Å². The fourth-order valence-electron chi connectivity index (χ4n) is 4.15. The molecular formula is C28H41N3O2. The number of ether oxygens (including phenoxy) is 1. The summed E-state index contributed by atoms with van der Waals surface area (Å²) in [6.07, 6.45) is 13.7. The van der Waals surface area contributed by atoms with Gasteiger partial charge >= 0.3 is 0 Å². The van der Waals surface area contributed by atoms with Crippen LogP contribution in [0.3, 0.4) is 0 Å². The number of unbranched alkanes of at least 4 members (excludes halogenated alkanes) is 7. The van der Waals surface area contributed by atoms with E-state index in [9.17, 15) is 5.11 Å². The molecule has 5 nitrogen and oxygen atoms in total. The maximum atomic E-state index is 11.1. The Morgan fingerprint density at radius 1 is 0.758 bits per heavy atom. The molecule has 0 aliphatic rings. The van der Waals surface area contributed by atoms with Gasteiger partial charge in [0.2, 0.25) is 0 Å². The number of benzene rings is 2. The minimum Gasteiger partial charge on any atom is -0.505 e. The van der Waals surface area contributed by atoms with E-state index in [1.807, 2.05) is 18.2 Å². The molecule has 0 unspecified atom stereocenters. The first-order valence-corrected chi connectivity index (χ1v) is 13.0. The summed E-state index contributed by atoms with van der Waals surface area (Å²) in [6, 6.07) is 10.1. The Kier molecular flexibility index (Phi) is 10.0. The number of nitrogens with zero attached hydrogens (tertiary/aromatic N) is 3. The van der Waals surface area contributed by atoms with Crippen LogP contribution in [-0.2, 0) is 12.8 Å². The van der Waals surface area contributed by atoms with Crippen LogP contribution in [0.2, 0.25) is 0 Å². The molecule has 0 amide bonds. The molecule has 0 fully saturated rings. The summed E-state index contributed by atoms with van der Waals surface area (Å²) in [5, 5.41) is 20.5. The van der Waals surface area contributed by atoms with Crippen molar-refractivity contribution in [1.82, 2.24) is 15.0 Å². The zero-order valence-corrected chi connectivity index (χ0v) is 20.8. The smallest absolute Gasteiger partial charge is 0.146 e. The van der Waals surface area contributed by atoms with Gasteiger partial charge in [0.15, 0.2) is 0 Å². The summed E-state index contributed by atoms with van der Waals surface area (Å²) in [4.78, 5) is 1.60. The van der Waals surface area contributed by atoms with Crippen molar-refractivity contribution >= 4 is 11.0 Å². The lowest BCUT2D eigenvalue weighted by atomic mass is 9.98. The van der Waals surface area contributed by atoms with E-state index in [1.165, 1.54) is 50.5 Å². The van der Waals surface area contributed by atoms with Gasteiger partial charge in [-0.1, -0.05) is 71.8 Å². The van der Waals surface area contributed by atoms with Gasteiger partial charge < -0.3 is 9.84 Å². The summed E-state index contributed by atoms with van der Waals surface area (Å²) in [5.74, 6) is 1.12. The number of fused-ring (bicyclic) bond motifs is 1. The number of phenols is 1. The van der Waals surface area contributed by atoms with Crippen LogP contribution in [0.1, 0.15) is 96.1 Å². The van der Waals surface area contributed by atoms with Crippen molar-refractivity contribution in [2.45, 2.75) is 97.8 Å². The molecule has 5 heteroatoms. The Morgan fingerprint density at radius 3 is 2.18 bits per heavy atom. The number of rotatable bonds is 15. The number of aromatic hydroxyl groups is 1. The molecule has 1 heterocycles. The Labute approximate surface area is 199 Å². The fourth-order valence-corrected chi connectivity index (χ4v) is 4.15. The lowest BCUT2D eigenvalue weighted by Gasteiger charge is -2.13. The van der Waals surface area contributed by atoms with Crippen LogP contribution in [-0.4, -0.2) is 26.7 Å². The molecule has 0 saturated heterocycles. The Bertz CT molecular complexity index is 996. The van der Waals surface area contributed by atoms with E-state index in [1.54, 1.807) is 4.80 Å². The number of aromatic nitrogens is 3. The van der Waals surface area contributed by atoms with Crippen LogP contribution < -0.4 is 4.74 Å². The molecule has 2 aromatic carbocycles. The highest BCUT2D eigenvalue weighted by molar-refractivity contribution is 5.76. The van der Waals surface area contributed by atoms with Gasteiger partial charge in [0, 0.05) is 6.07 Å². The molecule has 0 spiro atoms. The first-order chi connectivity index (χ1) is 16.2. The molecule has 0 atom stereocenters. The van der Waals surface area contributed by atoms with Crippen LogP contribution >= 0.6 is 0 Å². The molecule has 180 valence electrons. The zero-order chi connectivity index (χ0) is 23.5. The van der Waals surface area contributed by atoms with Crippen molar-refractivity contribution < 1.29 is 9.84 Å². The summed E-state index contributed by atoms with van der Waals surface area (Å²) < 4.78 is 5.83. The maximum Gasteiger partial charge on any atom is 0.146 e. The van der Waals surface area contributed by atoms with Gasteiger partial charge in [-0.05, 0) is 61.4 Å². The van der Waals surface area contributed by atoms with E-state index in [0.29, 0.717) is 18.0 Å². The molecule has 3 aromatic rings. The van der Waals surface area contributed by atoms with E-state index in [4.69, 9.17) is 9.84 Å². The van der Waals surface area contributed by atoms with E-state index >= 15 is 0 Å². The zero-order valence-electron chi connectivity index (χ0n) is 20.8. The topological polar surface area (TPSA) is 60.2 Å². The second-order valence-electron chi connectivity index (χ2n) is 9.09. The molecule has 0 aliphatic heterocycles. The maximum absolute atomic E-state index is 11.1. The molecule has 0 saturated carbocycles. The SMILES string of the molecule is CCCCCCc1cc(CCCCCC)c(O)c(-n2nc3ccc(OCCCC)cc3n2)c1. The highest BCUT2D eigenvalue weighted by Gasteiger charge is 2.15. The average Bonchev–Trinajstić information content (AvgIpc) is 3.24. The van der Waals surface area contributed by atoms with Gasteiger partial charge in [-0.25, -0.2) is 0 Å². The van der Waals surface area contributed by atoms with Crippen LogP contribution in [0.5, 0.6) is 11.5 Å². The molecular weight excluding hydrogens is 410 g/mol. The predicted molar refractivity (Wildman–Crippen MR) is 137 cm³/mol. The van der Waals surface area contributed by atoms with Crippen LogP contribution in [0, 0.1) is 0 Å². The molecule has 33 heavy (non-hydrogen) atoms. The summed E-state index contributed by atoms with van der Waals surface area (Å²) in [5.41, 5.74) is 4.53. The van der Waals surface area contributed by atoms with Gasteiger partial charge in [0.1, 0.15) is 28.2 Å². The van der Waals surface area contributed by atoms with Gasteiger partial charge in [-0.3, -0.25) is 0 Å². The average molecular weight is 452 g/mol. The van der Waals surface area contributed by atoms with Gasteiger partial charge in [0.05, 0.1) is 6.61 Å². The minimum atomic E-state index is 0.309. The molecule has 0 radical (unpaired) electrons. The monoisotopic (exact) mass is 451 g/mol. The highest BCUT2D eigenvalue weighted by Crippen LogP contribution is 2.31. The second kappa shape index (κ2) is 13.2. The normalized spacial score (nSPS) is 11.4. The highest BCUT2D eigenvalue weighted by atomic mass is 16.5. The van der Waals surface area contributed by atoms with E-state index < -0.39 is 0 Å². The largest absolute Gasteiger partial charge is 0.505 e. The molecule has 1 aromatic heterocycles. The van der Waals surface area contributed by atoms with Crippen LogP contribution in [0.25, 0.3) is 16.7 Å². The first kappa shape index (κ1) is 25.1. The van der Waals surface area contributed by atoms with Gasteiger partial charge in [-0.15, -0.1) is 15.0 Å². The summed E-state index contributed by atoms with van der Waals surface area (Å²) in [7, 11) is 0. The van der Waals surface area contributed by atoms with Gasteiger partial charge in [-0.2, -0.15) is 0 Å². The number of hydrogen-bond acceptors (Lipinski definition) is 4. The standard InChI is InChI=1S/C28H41N3O2/c1-4-7-10-12-14-22-19-23(15-13-11-8-5-2)28(32)27(20-22)31-29-25-17-16-24(21-26(25)30-31)33-18-9-6-3/h16-17,19-21,32H,4-15,18H2,1-3H3. The second-order valence-corrected chi connectivity index (χ2v) is 9.09. The lowest BCUT2D eigenvalue weighted by Crippen LogP contribution is -2.03. The van der Waals surface area contributed by atoms with Crippen molar-refractivity contribution in [3.8, 4) is 17.2 Å². The number of phenolic OH excluding ortho intramolecular Hbond substituents is 1. The van der Waals surface area contributed by atoms with Crippen molar-refractivity contribution in [2.75, 3.05) is 6.61 Å². The molecule has 0 aliphatic carbocycles. The van der Waals surface area contributed by atoms with Gasteiger partial charge in [0.25, 0.3) is 0 Å². The number of aryl methyl sites for hydroxylation is 2. The lowest BCUT2D eigenvalue weighted by molar-refractivity contribution is 0.310. The fraction of sp³-hybridized carbons (Fsp3) is 0.571. The van der Waals surface area contributed by atoms with Crippen LogP contribution in [0.15, 0.2) is 30.3 Å². The molecule has 0 bridgehead atoms.